The molecule has 0 spiro atoms. The summed E-state index contributed by atoms with van der Waals surface area (Å²) in [6, 6.07) is 13.3. The van der Waals surface area contributed by atoms with Crippen molar-refractivity contribution in [1.82, 2.24) is 9.97 Å². The molecule has 5 heteroatoms. The van der Waals surface area contributed by atoms with Crippen molar-refractivity contribution < 1.29 is 9.47 Å². The smallest absolute Gasteiger partial charge is 0.162 e. The van der Waals surface area contributed by atoms with Gasteiger partial charge in [0.25, 0.3) is 0 Å². The summed E-state index contributed by atoms with van der Waals surface area (Å²) in [6.07, 6.45) is 0. The Morgan fingerprint density at radius 2 is 1.57 bits per heavy atom. The molecule has 21 heavy (non-hydrogen) atoms. The molecule has 0 radical (unpaired) electrons. The van der Waals surface area contributed by atoms with Gasteiger partial charge in [0.2, 0.25) is 0 Å². The van der Waals surface area contributed by atoms with E-state index in [4.69, 9.17) is 15.2 Å². The molecule has 3 rings (SSSR count). The molecular weight excluding hydrogens is 266 g/mol. The van der Waals surface area contributed by atoms with Crippen LogP contribution in [0.5, 0.6) is 11.5 Å². The van der Waals surface area contributed by atoms with E-state index in [1.807, 2.05) is 30.3 Å². The largest absolute Gasteiger partial charge is 0.493 e. The normalized spacial score (nSPS) is 10.6. The predicted molar refractivity (Wildman–Crippen MR) is 82.5 cm³/mol. The van der Waals surface area contributed by atoms with Crippen LogP contribution in [-0.2, 0) is 0 Å². The van der Waals surface area contributed by atoms with Crippen molar-refractivity contribution in [3.8, 4) is 22.9 Å². The Morgan fingerprint density at radius 1 is 0.905 bits per heavy atom. The van der Waals surface area contributed by atoms with Crippen molar-refractivity contribution >= 4 is 16.7 Å². The minimum Gasteiger partial charge on any atom is -0.493 e. The van der Waals surface area contributed by atoms with Gasteiger partial charge in [0.15, 0.2) is 17.3 Å². The van der Waals surface area contributed by atoms with Gasteiger partial charge in [-0.25, -0.2) is 9.97 Å². The van der Waals surface area contributed by atoms with E-state index in [-0.39, 0.29) is 0 Å². The number of fused-ring (bicyclic) bond motifs is 1. The molecule has 2 N–H and O–H groups in total. The van der Waals surface area contributed by atoms with E-state index >= 15 is 0 Å². The minimum atomic E-state index is 0.416. The molecule has 1 aromatic heterocycles. The van der Waals surface area contributed by atoms with Gasteiger partial charge >= 0.3 is 0 Å². The van der Waals surface area contributed by atoms with Crippen molar-refractivity contribution in [2.24, 2.45) is 0 Å². The van der Waals surface area contributed by atoms with Gasteiger partial charge in [-0.1, -0.05) is 30.3 Å². The highest BCUT2D eigenvalue weighted by atomic mass is 16.5. The molecule has 0 saturated heterocycles. The van der Waals surface area contributed by atoms with Crippen LogP contribution < -0.4 is 15.2 Å². The quantitative estimate of drug-likeness (QED) is 0.799. The number of hydrogen-bond donors (Lipinski definition) is 1. The Bertz CT molecular complexity index is 788. The molecule has 5 nitrogen and oxygen atoms in total. The van der Waals surface area contributed by atoms with Crippen LogP contribution in [0.4, 0.5) is 5.82 Å². The third-order valence-electron chi connectivity index (χ3n) is 3.26. The molecular formula is C16H15N3O2. The fourth-order valence-electron chi connectivity index (χ4n) is 2.20. The first-order valence-electron chi connectivity index (χ1n) is 6.47. The van der Waals surface area contributed by atoms with E-state index in [2.05, 4.69) is 9.97 Å². The van der Waals surface area contributed by atoms with E-state index in [1.165, 1.54) is 0 Å². The lowest BCUT2D eigenvalue weighted by molar-refractivity contribution is 0.356. The van der Waals surface area contributed by atoms with Crippen molar-refractivity contribution in [3.63, 3.8) is 0 Å². The van der Waals surface area contributed by atoms with Crippen molar-refractivity contribution in [3.05, 3.63) is 42.5 Å². The molecule has 0 fully saturated rings. The van der Waals surface area contributed by atoms with Gasteiger partial charge in [-0.05, 0) is 6.07 Å². The van der Waals surface area contributed by atoms with E-state index in [0.717, 1.165) is 16.5 Å². The molecule has 0 aliphatic carbocycles. The standard InChI is InChI=1S/C16H15N3O2/c1-20-13-8-11-12(9-14(13)21-2)18-16(19-15(11)17)10-6-4-3-5-7-10/h3-9H,1-2H3,(H2,17,18,19). The summed E-state index contributed by atoms with van der Waals surface area (Å²) in [6.45, 7) is 0. The second-order valence-electron chi connectivity index (χ2n) is 4.52. The van der Waals surface area contributed by atoms with Crippen LogP contribution in [0, 0.1) is 0 Å². The first-order valence-corrected chi connectivity index (χ1v) is 6.47. The number of hydrogen-bond acceptors (Lipinski definition) is 5. The number of rotatable bonds is 3. The number of methoxy groups -OCH3 is 2. The second-order valence-corrected chi connectivity index (χ2v) is 4.52. The van der Waals surface area contributed by atoms with Crippen LogP contribution in [0.25, 0.3) is 22.3 Å². The zero-order chi connectivity index (χ0) is 14.8. The van der Waals surface area contributed by atoms with Gasteiger partial charge in [-0.15, -0.1) is 0 Å². The molecule has 3 aromatic rings. The second kappa shape index (κ2) is 5.28. The summed E-state index contributed by atoms with van der Waals surface area (Å²) < 4.78 is 10.6. The number of nitrogens with zero attached hydrogens (tertiary/aromatic N) is 2. The van der Waals surface area contributed by atoms with E-state index in [0.29, 0.717) is 23.1 Å². The highest BCUT2D eigenvalue weighted by molar-refractivity contribution is 5.92. The topological polar surface area (TPSA) is 70.3 Å². The van der Waals surface area contributed by atoms with Crippen LogP contribution in [0.2, 0.25) is 0 Å². The average Bonchev–Trinajstić information content (AvgIpc) is 2.54. The zero-order valence-corrected chi connectivity index (χ0v) is 11.8. The third kappa shape index (κ3) is 2.33. The maximum Gasteiger partial charge on any atom is 0.162 e. The van der Waals surface area contributed by atoms with Crippen molar-refractivity contribution in [2.45, 2.75) is 0 Å². The monoisotopic (exact) mass is 281 g/mol. The highest BCUT2D eigenvalue weighted by Crippen LogP contribution is 2.34. The van der Waals surface area contributed by atoms with Gasteiger partial charge in [-0.3, -0.25) is 0 Å². The molecule has 2 aromatic carbocycles. The fourth-order valence-corrected chi connectivity index (χ4v) is 2.20. The number of aromatic nitrogens is 2. The lowest BCUT2D eigenvalue weighted by Crippen LogP contribution is -1.99. The summed E-state index contributed by atoms with van der Waals surface area (Å²) in [5, 5.41) is 0.743. The summed E-state index contributed by atoms with van der Waals surface area (Å²) >= 11 is 0. The molecule has 0 atom stereocenters. The number of ether oxygens (including phenoxy) is 2. The maximum absolute atomic E-state index is 6.06. The first kappa shape index (κ1) is 13.2. The van der Waals surface area contributed by atoms with Crippen molar-refractivity contribution in [2.75, 3.05) is 20.0 Å². The molecule has 106 valence electrons. The number of anilines is 1. The maximum atomic E-state index is 6.06. The Kier molecular flexibility index (Phi) is 3.31. The van der Waals surface area contributed by atoms with E-state index < -0.39 is 0 Å². The molecule has 0 aliphatic rings. The summed E-state index contributed by atoms with van der Waals surface area (Å²) in [4.78, 5) is 8.94. The molecule has 0 saturated carbocycles. The third-order valence-corrected chi connectivity index (χ3v) is 3.26. The number of nitrogen functional groups attached to an aromatic ring is 1. The SMILES string of the molecule is COc1cc2nc(-c3ccccc3)nc(N)c2cc1OC. The summed E-state index contributed by atoms with van der Waals surface area (Å²) in [7, 11) is 3.17. The molecule has 0 unspecified atom stereocenters. The van der Waals surface area contributed by atoms with Crippen LogP contribution in [-0.4, -0.2) is 24.2 Å². The molecule has 0 aliphatic heterocycles. The van der Waals surface area contributed by atoms with Gasteiger partial charge in [0, 0.05) is 17.0 Å². The van der Waals surface area contributed by atoms with E-state index in [1.54, 1.807) is 26.4 Å². The predicted octanol–water partition coefficient (Wildman–Crippen LogP) is 2.90. The minimum absolute atomic E-state index is 0.416. The summed E-state index contributed by atoms with van der Waals surface area (Å²) in [5.74, 6) is 2.22. The number of nitrogens with two attached hydrogens (primary N) is 1. The van der Waals surface area contributed by atoms with Gasteiger partial charge in [0.05, 0.1) is 19.7 Å². The Labute approximate surface area is 122 Å². The first-order chi connectivity index (χ1) is 10.2. The molecule has 0 amide bonds. The highest BCUT2D eigenvalue weighted by Gasteiger charge is 2.12. The average molecular weight is 281 g/mol. The molecule has 0 bridgehead atoms. The van der Waals surface area contributed by atoms with Gasteiger partial charge < -0.3 is 15.2 Å². The van der Waals surface area contributed by atoms with Gasteiger partial charge in [-0.2, -0.15) is 0 Å². The Balaban J connectivity index is 2.24. The fraction of sp³-hybridized carbons (Fsp3) is 0.125. The van der Waals surface area contributed by atoms with Crippen LogP contribution in [0.3, 0.4) is 0 Å². The lowest BCUT2D eigenvalue weighted by Gasteiger charge is -2.11. The Hall–Kier alpha value is -2.82. The van der Waals surface area contributed by atoms with E-state index in [9.17, 15) is 0 Å². The lowest BCUT2D eigenvalue weighted by atomic mass is 10.1. The van der Waals surface area contributed by atoms with Crippen LogP contribution in [0.15, 0.2) is 42.5 Å². The summed E-state index contributed by atoms with van der Waals surface area (Å²) in [5.41, 5.74) is 7.70. The van der Waals surface area contributed by atoms with Crippen LogP contribution in [0.1, 0.15) is 0 Å². The Morgan fingerprint density at radius 3 is 2.24 bits per heavy atom. The van der Waals surface area contributed by atoms with Crippen molar-refractivity contribution in [1.29, 1.82) is 0 Å². The van der Waals surface area contributed by atoms with Crippen LogP contribution >= 0.6 is 0 Å². The molecule has 1 heterocycles. The zero-order valence-electron chi connectivity index (χ0n) is 11.8. The number of benzene rings is 2. The van der Waals surface area contributed by atoms with Gasteiger partial charge in [0.1, 0.15) is 5.82 Å².